The maximum Gasteiger partial charge on any atom is 0.335 e. The fraction of sp³-hybridized carbons (Fsp3) is 0.769. The first-order valence-corrected chi connectivity index (χ1v) is 9.79. The van der Waals surface area contributed by atoms with Crippen LogP contribution in [0.3, 0.4) is 0 Å². The Kier molecular flexibility index (Phi) is 8.14. The van der Waals surface area contributed by atoms with Crippen LogP contribution in [0.2, 0.25) is 19.6 Å². The summed E-state index contributed by atoms with van der Waals surface area (Å²) in [7, 11) is -1.44. The predicted molar refractivity (Wildman–Crippen MR) is 74.9 cm³/mol. The molecule has 0 radical (unpaired) electrons. The number of esters is 1. The van der Waals surface area contributed by atoms with Crippen molar-refractivity contribution in [3.8, 4) is 0 Å². The third-order valence-corrected chi connectivity index (χ3v) is 3.12. The van der Waals surface area contributed by atoms with Gasteiger partial charge in [0, 0.05) is 18.6 Å². The van der Waals surface area contributed by atoms with E-state index in [2.05, 4.69) is 26.2 Å². The molecule has 0 heterocycles. The van der Waals surface area contributed by atoms with Crippen molar-refractivity contribution in [1.82, 2.24) is 0 Å². The largest absolute Gasteiger partial charge is 0.432 e. The summed E-state index contributed by atoms with van der Waals surface area (Å²) in [6.45, 7) is 14.7. The number of hydrogen-bond donors (Lipinski definition) is 0. The quantitative estimate of drug-likeness (QED) is 0.213. The lowest BCUT2D eigenvalue weighted by molar-refractivity contribution is -0.175. The molecule has 0 bridgehead atoms. The van der Waals surface area contributed by atoms with E-state index in [0.717, 1.165) is 6.42 Å². The number of hydrogen-bond acceptors (Lipinski definition) is 4. The standard InChI is InChI=1S/C13H26O4Si/c1-7-12(17-13(14)11(2)3)15-9-8-10-16-18(4,5)6/h12H,2,7-10H2,1,3-6H3. The molecule has 0 aromatic heterocycles. The van der Waals surface area contributed by atoms with Crippen LogP contribution < -0.4 is 0 Å². The number of carbonyl (C=O) groups is 1. The lowest BCUT2D eigenvalue weighted by Gasteiger charge is -2.19. The molecule has 0 rings (SSSR count). The minimum Gasteiger partial charge on any atom is -0.432 e. The maximum atomic E-state index is 11.3. The normalized spacial score (nSPS) is 13.2. The molecular weight excluding hydrogens is 248 g/mol. The van der Waals surface area contributed by atoms with Gasteiger partial charge < -0.3 is 13.9 Å². The van der Waals surface area contributed by atoms with E-state index in [1.807, 2.05) is 6.92 Å². The fourth-order valence-electron chi connectivity index (χ4n) is 1.11. The van der Waals surface area contributed by atoms with Crippen molar-refractivity contribution >= 4 is 14.3 Å². The highest BCUT2D eigenvalue weighted by molar-refractivity contribution is 6.69. The minimum atomic E-state index is -1.44. The fourth-order valence-corrected chi connectivity index (χ4v) is 1.86. The third-order valence-electron chi connectivity index (χ3n) is 2.05. The summed E-state index contributed by atoms with van der Waals surface area (Å²) < 4.78 is 16.3. The monoisotopic (exact) mass is 274 g/mol. The molecule has 0 aliphatic heterocycles. The van der Waals surface area contributed by atoms with Crippen LogP contribution in [0, 0.1) is 0 Å². The van der Waals surface area contributed by atoms with Gasteiger partial charge in [-0.1, -0.05) is 13.5 Å². The van der Waals surface area contributed by atoms with Gasteiger partial charge in [-0.2, -0.15) is 0 Å². The Morgan fingerprint density at radius 1 is 1.28 bits per heavy atom. The van der Waals surface area contributed by atoms with Crippen LogP contribution in [-0.2, 0) is 18.7 Å². The van der Waals surface area contributed by atoms with Crippen LogP contribution in [-0.4, -0.2) is 33.8 Å². The minimum absolute atomic E-state index is 0.388. The Hall–Kier alpha value is -0.653. The summed E-state index contributed by atoms with van der Waals surface area (Å²) in [6.07, 6.45) is 0.959. The van der Waals surface area contributed by atoms with Gasteiger partial charge >= 0.3 is 5.97 Å². The molecule has 106 valence electrons. The van der Waals surface area contributed by atoms with Crippen LogP contribution in [0.1, 0.15) is 26.7 Å². The first kappa shape index (κ1) is 17.3. The first-order valence-electron chi connectivity index (χ1n) is 6.38. The summed E-state index contributed by atoms with van der Waals surface area (Å²) in [6, 6.07) is 0. The molecule has 1 atom stereocenters. The van der Waals surface area contributed by atoms with Gasteiger partial charge in [0.05, 0.1) is 6.61 Å². The zero-order chi connectivity index (χ0) is 14.2. The zero-order valence-corrected chi connectivity index (χ0v) is 13.2. The van der Waals surface area contributed by atoms with Crippen molar-refractivity contribution in [2.75, 3.05) is 13.2 Å². The topological polar surface area (TPSA) is 44.8 Å². The summed E-state index contributed by atoms with van der Waals surface area (Å²) in [5, 5.41) is 0. The highest BCUT2D eigenvalue weighted by atomic mass is 28.4. The van der Waals surface area contributed by atoms with E-state index in [9.17, 15) is 4.79 Å². The summed E-state index contributed by atoms with van der Waals surface area (Å²) in [5.74, 6) is -0.403. The highest BCUT2D eigenvalue weighted by Crippen LogP contribution is 2.06. The second-order valence-corrected chi connectivity index (χ2v) is 9.72. The van der Waals surface area contributed by atoms with E-state index in [4.69, 9.17) is 13.9 Å². The van der Waals surface area contributed by atoms with Gasteiger partial charge in [0.2, 0.25) is 6.29 Å². The molecule has 0 fully saturated rings. The molecule has 0 spiro atoms. The SMILES string of the molecule is C=C(C)C(=O)OC(CC)OCCCO[Si](C)(C)C. The molecule has 0 amide bonds. The average Bonchev–Trinajstić information content (AvgIpc) is 2.25. The second-order valence-electron chi connectivity index (χ2n) is 5.21. The lowest BCUT2D eigenvalue weighted by atomic mass is 10.3. The lowest BCUT2D eigenvalue weighted by Crippen LogP contribution is -2.27. The Morgan fingerprint density at radius 2 is 1.89 bits per heavy atom. The Labute approximate surface area is 111 Å². The Bertz CT molecular complexity index is 271. The van der Waals surface area contributed by atoms with Crippen LogP contribution in [0.25, 0.3) is 0 Å². The van der Waals surface area contributed by atoms with Gasteiger partial charge in [0.1, 0.15) is 0 Å². The summed E-state index contributed by atoms with van der Waals surface area (Å²) in [4.78, 5) is 11.3. The molecule has 0 aromatic rings. The second kappa shape index (κ2) is 8.45. The maximum absolute atomic E-state index is 11.3. The molecule has 0 saturated carbocycles. The molecule has 0 aromatic carbocycles. The van der Waals surface area contributed by atoms with E-state index < -0.39 is 20.6 Å². The average molecular weight is 274 g/mol. The van der Waals surface area contributed by atoms with E-state index in [1.54, 1.807) is 6.92 Å². The van der Waals surface area contributed by atoms with Crippen LogP contribution >= 0.6 is 0 Å². The third kappa shape index (κ3) is 9.38. The molecule has 4 nitrogen and oxygen atoms in total. The molecule has 0 saturated heterocycles. The molecule has 18 heavy (non-hydrogen) atoms. The highest BCUT2D eigenvalue weighted by Gasteiger charge is 2.15. The van der Waals surface area contributed by atoms with Crippen LogP contribution in [0.4, 0.5) is 0 Å². The Morgan fingerprint density at radius 3 is 2.33 bits per heavy atom. The van der Waals surface area contributed by atoms with Gasteiger partial charge in [-0.15, -0.1) is 0 Å². The van der Waals surface area contributed by atoms with Crippen molar-refractivity contribution in [2.45, 2.75) is 52.6 Å². The van der Waals surface area contributed by atoms with E-state index in [1.165, 1.54) is 0 Å². The van der Waals surface area contributed by atoms with Crippen LogP contribution in [0.5, 0.6) is 0 Å². The smallest absolute Gasteiger partial charge is 0.335 e. The Balaban J connectivity index is 3.75. The zero-order valence-electron chi connectivity index (χ0n) is 12.2. The van der Waals surface area contributed by atoms with E-state index >= 15 is 0 Å². The molecule has 0 aliphatic rings. The number of rotatable bonds is 9. The molecule has 1 unspecified atom stereocenters. The molecular formula is C13H26O4Si. The van der Waals surface area contributed by atoms with Crippen molar-refractivity contribution in [1.29, 1.82) is 0 Å². The number of carbonyl (C=O) groups excluding carboxylic acids is 1. The van der Waals surface area contributed by atoms with Crippen molar-refractivity contribution in [2.24, 2.45) is 0 Å². The summed E-state index contributed by atoms with van der Waals surface area (Å²) in [5.41, 5.74) is 0.388. The molecule has 0 aliphatic carbocycles. The van der Waals surface area contributed by atoms with Gasteiger partial charge in [-0.05, 0) is 33.0 Å². The van der Waals surface area contributed by atoms with Crippen molar-refractivity contribution in [3.63, 3.8) is 0 Å². The van der Waals surface area contributed by atoms with Crippen molar-refractivity contribution < 1.29 is 18.7 Å². The molecule has 0 N–H and O–H groups in total. The van der Waals surface area contributed by atoms with E-state index in [-0.39, 0.29) is 0 Å². The molecule has 5 heteroatoms. The van der Waals surface area contributed by atoms with E-state index in [0.29, 0.717) is 25.2 Å². The van der Waals surface area contributed by atoms with Gasteiger partial charge in [0.15, 0.2) is 8.32 Å². The summed E-state index contributed by atoms with van der Waals surface area (Å²) >= 11 is 0. The number of ether oxygens (including phenoxy) is 2. The van der Waals surface area contributed by atoms with Crippen molar-refractivity contribution in [3.05, 3.63) is 12.2 Å². The first-order chi connectivity index (χ1) is 8.26. The van der Waals surface area contributed by atoms with Crippen LogP contribution in [0.15, 0.2) is 12.2 Å². The van der Waals surface area contributed by atoms with Gasteiger partial charge in [-0.3, -0.25) is 0 Å². The predicted octanol–water partition coefficient (Wildman–Crippen LogP) is 3.10. The van der Waals surface area contributed by atoms with Gasteiger partial charge in [0.25, 0.3) is 0 Å². The van der Waals surface area contributed by atoms with Gasteiger partial charge in [-0.25, -0.2) is 4.79 Å².